The van der Waals surface area contributed by atoms with Crippen molar-refractivity contribution in [3.05, 3.63) is 59.0 Å². The van der Waals surface area contributed by atoms with Crippen molar-refractivity contribution in [3.8, 4) is 17.0 Å². The first-order chi connectivity index (χ1) is 14.9. The number of amides is 2. The van der Waals surface area contributed by atoms with Crippen molar-refractivity contribution in [1.82, 2.24) is 14.6 Å². The van der Waals surface area contributed by atoms with E-state index in [4.69, 9.17) is 4.74 Å². The van der Waals surface area contributed by atoms with Crippen molar-refractivity contribution >= 4 is 39.7 Å². The molecule has 158 valence electrons. The van der Waals surface area contributed by atoms with Gasteiger partial charge in [0, 0.05) is 23.6 Å². The first kappa shape index (κ1) is 20.5. The van der Waals surface area contributed by atoms with Gasteiger partial charge in [0.25, 0.3) is 11.9 Å². The van der Waals surface area contributed by atoms with Gasteiger partial charge in [-0.1, -0.05) is 18.2 Å². The Kier molecular flexibility index (Phi) is 5.68. The van der Waals surface area contributed by atoms with Crippen LogP contribution in [0.2, 0.25) is 0 Å². The zero-order valence-corrected chi connectivity index (χ0v) is 18.1. The van der Waals surface area contributed by atoms with Crippen LogP contribution < -0.4 is 15.4 Å². The number of thiazole rings is 1. The summed E-state index contributed by atoms with van der Waals surface area (Å²) in [6.07, 6.45) is 0. The molecule has 2 amide bonds. The number of hydrogen-bond acceptors (Lipinski definition) is 6. The van der Waals surface area contributed by atoms with Crippen molar-refractivity contribution in [2.24, 2.45) is 0 Å². The summed E-state index contributed by atoms with van der Waals surface area (Å²) in [4.78, 5) is 28.5. The molecule has 0 aliphatic rings. The van der Waals surface area contributed by atoms with E-state index in [9.17, 15) is 9.59 Å². The van der Waals surface area contributed by atoms with E-state index in [0.29, 0.717) is 10.7 Å². The van der Waals surface area contributed by atoms with Crippen molar-refractivity contribution < 1.29 is 14.3 Å². The first-order valence-electron chi connectivity index (χ1n) is 9.60. The van der Waals surface area contributed by atoms with E-state index in [0.717, 1.165) is 28.1 Å². The van der Waals surface area contributed by atoms with Crippen molar-refractivity contribution in [1.29, 1.82) is 0 Å². The van der Waals surface area contributed by atoms with E-state index < -0.39 is 0 Å². The molecule has 4 aromatic rings. The van der Waals surface area contributed by atoms with Crippen LogP contribution in [0.3, 0.4) is 0 Å². The quantitative estimate of drug-likeness (QED) is 0.476. The Morgan fingerprint density at radius 1 is 1.06 bits per heavy atom. The van der Waals surface area contributed by atoms with E-state index in [1.54, 1.807) is 4.52 Å². The molecule has 0 unspecified atom stereocenters. The number of aromatic nitrogens is 3. The largest absolute Gasteiger partial charge is 0.484 e. The molecule has 0 saturated heterocycles. The van der Waals surface area contributed by atoms with Gasteiger partial charge in [0.05, 0.1) is 5.69 Å². The number of hydrogen-bond donors (Lipinski definition) is 2. The number of anilines is 2. The van der Waals surface area contributed by atoms with Crippen LogP contribution in [-0.4, -0.2) is 33.0 Å². The lowest BCUT2D eigenvalue weighted by Gasteiger charge is -2.07. The summed E-state index contributed by atoms with van der Waals surface area (Å²) in [5.74, 6) is 0.413. The maximum atomic E-state index is 12.3. The number of nitrogens with one attached hydrogen (secondary N) is 2. The van der Waals surface area contributed by atoms with Gasteiger partial charge in [-0.05, 0) is 49.2 Å². The molecule has 0 saturated carbocycles. The van der Waals surface area contributed by atoms with Crippen molar-refractivity contribution in [2.45, 2.75) is 20.8 Å². The van der Waals surface area contributed by atoms with Gasteiger partial charge in [-0.25, -0.2) is 4.52 Å². The average Bonchev–Trinajstić information content (AvgIpc) is 3.26. The van der Waals surface area contributed by atoms with Crippen LogP contribution >= 0.6 is 11.3 Å². The van der Waals surface area contributed by atoms with Gasteiger partial charge >= 0.3 is 0 Å². The number of carbonyl (C=O) groups excluding carboxylic acids is 2. The van der Waals surface area contributed by atoms with Crippen LogP contribution in [0.15, 0.2) is 47.8 Å². The summed E-state index contributed by atoms with van der Waals surface area (Å²) < 4.78 is 7.27. The van der Waals surface area contributed by atoms with Crippen molar-refractivity contribution in [2.75, 3.05) is 17.2 Å². The van der Waals surface area contributed by atoms with Gasteiger partial charge in [0.15, 0.2) is 6.61 Å². The highest BCUT2D eigenvalue weighted by molar-refractivity contribution is 7.15. The molecule has 0 aliphatic heterocycles. The lowest BCUT2D eigenvalue weighted by atomic mass is 10.1. The number of aryl methyl sites for hydroxylation is 2. The molecule has 9 heteroatoms. The van der Waals surface area contributed by atoms with E-state index >= 15 is 0 Å². The van der Waals surface area contributed by atoms with Crippen LogP contribution in [-0.2, 0) is 9.59 Å². The Balaban J connectivity index is 1.44. The number of benzene rings is 2. The Bertz CT molecular complexity index is 1240. The highest BCUT2D eigenvalue weighted by atomic mass is 32.1. The third kappa shape index (κ3) is 4.89. The summed E-state index contributed by atoms with van der Waals surface area (Å²) in [6, 6.07) is 13.2. The molecule has 2 aromatic heterocycles. The zero-order chi connectivity index (χ0) is 22.0. The number of fused-ring (bicyclic) bond motifs is 1. The van der Waals surface area contributed by atoms with Gasteiger partial charge in [0.2, 0.25) is 10.9 Å². The lowest BCUT2D eigenvalue weighted by Crippen LogP contribution is -2.21. The fourth-order valence-corrected chi connectivity index (χ4v) is 4.02. The van der Waals surface area contributed by atoms with Crippen LogP contribution in [0.5, 0.6) is 5.75 Å². The van der Waals surface area contributed by atoms with Crippen LogP contribution in [0.4, 0.5) is 11.6 Å². The number of nitrogens with zero attached hydrogens (tertiary/aromatic N) is 3. The van der Waals surface area contributed by atoms with Gasteiger partial charge in [-0.2, -0.15) is 4.98 Å². The fourth-order valence-electron chi connectivity index (χ4n) is 3.19. The highest BCUT2D eigenvalue weighted by Gasteiger charge is 2.14. The van der Waals surface area contributed by atoms with E-state index in [2.05, 4.69) is 20.7 Å². The number of ether oxygens (including phenoxy) is 1. The molecule has 0 bridgehead atoms. The summed E-state index contributed by atoms with van der Waals surface area (Å²) in [7, 11) is 0. The van der Waals surface area contributed by atoms with E-state index in [1.165, 1.54) is 18.3 Å². The monoisotopic (exact) mass is 435 g/mol. The normalized spacial score (nSPS) is 10.8. The highest BCUT2D eigenvalue weighted by Crippen LogP contribution is 2.27. The Hall–Kier alpha value is -3.72. The predicted molar refractivity (Wildman–Crippen MR) is 121 cm³/mol. The van der Waals surface area contributed by atoms with E-state index in [1.807, 2.05) is 61.7 Å². The molecular formula is C22H21N5O3S. The molecule has 0 atom stereocenters. The second-order valence-corrected chi connectivity index (χ2v) is 8.01. The Morgan fingerprint density at radius 2 is 1.77 bits per heavy atom. The fraction of sp³-hybridized carbons (Fsp3) is 0.182. The Morgan fingerprint density at radius 3 is 2.45 bits per heavy atom. The third-order valence-corrected chi connectivity index (χ3v) is 5.22. The molecule has 0 aliphatic carbocycles. The zero-order valence-electron chi connectivity index (χ0n) is 17.3. The lowest BCUT2D eigenvalue weighted by molar-refractivity contribution is -0.118. The minimum absolute atomic E-state index is 0.121. The van der Waals surface area contributed by atoms with Gasteiger partial charge < -0.3 is 10.1 Å². The third-order valence-electron chi connectivity index (χ3n) is 4.40. The molecule has 0 spiro atoms. The van der Waals surface area contributed by atoms with Crippen LogP contribution in [0.1, 0.15) is 18.1 Å². The number of rotatable bonds is 6. The Labute approximate surface area is 182 Å². The molecule has 0 radical (unpaired) electrons. The molecule has 2 heterocycles. The minimum atomic E-state index is -0.335. The summed E-state index contributed by atoms with van der Waals surface area (Å²) in [5.41, 5.74) is 4.63. The van der Waals surface area contributed by atoms with Gasteiger partial charge in [-0.3, -0.25) is 14.9 Å². The molecule has 31 heavy (non-hydrogen) atoms. The SMILES string of the molecule is CC(=O)Nc1ccc(-c2csc3nc(NC(=O)COc4cc(C)cc(C)c4)nn23)cc1. The molecule has 0 fully saturated rings. The average molecular weight is 436 g/mol. The second-order valence-electron chi connectivity index (χ2n) is 7.17. The maximum Gasteiger partial charge on any atom is 0.264 e. The maximum absolute atomic E-state index is 12.3. The topological polar surface area (TPSA) is 97.6 Å². The standard InChI is InChI=1S/C22H21N5O3S/c1-13-8-14(2)10-18(9-13)30-11-20(29)24-21-25-22-27(26-21)19(12-31-22)16-4-6-17(7-5-16)23-15(3)28/h4-10,12H,11H2,1-3H3,(H,23,28)(H,24,26,29). The smallest absolute Gasteiger partial charge is 0.264 e. The predicted octanol–water partition coefficient (Wildman–Crippen LogP) is 4.05. The summed E-state index contributed by atoms with van der Waals surface area (Å²) in [6.45, 7) is 5.29. The summed E-state index contributed by atoms with van der Waals surface area (Å²) in [5, 5.41) is 11.8. The minimum Gasteiger partial charge on any atom is -0.484 e. The van der Waals surface area contributed by atoms with Crippen LogP contribution in [0, 0.1) is 13.8 Å². The number of carbonyl (C=O) groups is 2. The summed E-state index contributed by atoms with van der Waals surface area (Å²) >= 11 is 1.42. The molecule has 4 rings (SSSR count). The van der Waals surface area contributed by atoms with Crippen molar-refractivity contribution in [3.63, 3.8) is 0 Å². The molecule has 2 N–H and O–H groups in total. The van der Waals surface area contributed by atoms with Crippen LogP contribution in [0.25, 0.3) is 16.2 Å². The molecule has 8 nitrogen and oxygen atoms in total. The van der Waals surface area contributed by atoms with Gasteiger partial charge in [-0.15, -0.1) is 16.4 Å². The van der Waals surface area contributed by atoms with E-state index in [-0.39, 0.29) is 24.4 Å². The molecular weight excluding hydrogens is 414 g/mol. The molecule has 2 aromatic carbocycles. The second kappa shape index (κ2) is 8.57. The first-order valence-corrected chi connectivity index (χ1v) is 10.5. The van der Waals surface area contributed by atoms with Gasteiger partial charge in [0.1, 0.15) is 5.75 Å².